The SMILES string of the molecule is CCOC(=O)[C@H](CCCNC(=N)N)NC(=O)[C@H](Cc1ccccc1)NC(C)=O. The van der Waals surface area contributed by atoms with Gasteiger partial charge in [-0.3, -0.25) is 15.0 Å². The highest BCUT2D eigenvalue weighted by molar-refractivity contribution is 5.90. The van der Waals surface area contributed by atoms with Crippen molar-refractivity contribution in [1.29, 1.82) is 5.41 Å². The maximum atomic E-state index is 12.7. The molecule has 0 heterocycles. The van der Waals surface area contributed by atoms with Crippen molar-refractivity contribution < 1.29 is 19.1 Å². The number of benzene rings is 1. The van der Waals surface area contributed by atoms with Gasteiger partial charge in [0.2, 0.25) is 11.8 Å². The van der Waals surface area contributed by atoms with Gasteiger partial charge in [-0.05, 0) is 25.3 Å². The molecule has 0 aromatic heterocycles. The van der Waals surface area contributed by atoms with Crippen molar-refractivity contribution in [3.63, 3.8) is 0 Å². The van der Waals surface area contributed by atoms with Crippen molar-refractivity contribution in [3.05, 3.63) is 35.9 Å². The van der Waals surface area contributed by atoms with E-state index in [0.717, 1.165) is 5.56 Å². The first kappa shape index (κ1) is 22.9. The standard InChI is InChI=1S/C19H29N5O4/c1-3-28-18(27)15(10-7-11-22-19(20)21)24-17(26)16(23-13(2)25)12-14-8-5-4-6-9-14/h4-6,8-9,15-16H,3,7,10-12H2,1-2H3,(H,23,25)(H,24,26)(H4,20,21,22)/t15-,16-/m0/s1. The minimum Gasteiger partial charge on any atom is -0.464 e. The summed E-state index contributed by atoms with van der Waals surface area (Å²) in [7, 11) is 0. The van der Waals surface area contributed by atoms with E-state index in [0.29, 0.717) is 25.8 Å². The lowest BCUT2D eigenvalue weighted by Gasteiger charge is -2.22. The fraction of sp³-hybridized carbons (Fsp3) is 0.474. The van der Waals surface area contributed by atoms with E-state index >= 15 is 0 Å². The second-order valence-electron chi connectivity index (χ2n) is 6.24. The molecule has 1 aromatic carbocycles. The normalized spacial score (nSPS) is 12.4. The Bertz CT molecular complexity index is 666. The number of ether oxygens (including phenoxy) is 1. The molecule has 0 fully saturated rings. The Morgan fingerprint density at radius 2 is 1.82 bits per heavy atom. The Labute approximate surface area is 164 Å². The van der Waals surface area contributed by atoms with Gasteiger partial charge >= 0.3 is 5.97 Å². The molecule has 2 amide bonds. The van der Waals surface area contributed by atoms with Gasteiger partial charge in [0.1, 0.15) is 12.1 Å². The Balaban J connectivity index is 2.79. The van der Waals surface area contributed by atoms with Gasteiger partial charge in [0.15, 0.2) is 5.96 Å². The molecule has 2 atom stereocenters. The molecule has 0 aliphatic rings. The molecule has 154 valence electrons. The predicted octanol–water partition coefficient (Wildman–Crippen LogP) is 0.0450. The van der Waals surface area contributed by atoms with Gasteiger partial charge in [-0.2, -0.15) is 0 Å². The summed E-state index contributed by atoms with van der Waals surface area (Å²) in [4.78, 5) is 36.5. The molecular formula is C19H29N5O4. The van der Waals surface area contributed by atoms with Crippen LogP contribution in [0.2, 0.25) is 0 Å². The summed E-state index contributed by atoms with van der Waals surface area (Å²) in [6.45, 7) is 3.60. The monoisotopic (exact) mass is 391 g/mol. The second-order valence-corrected chi connectivity index (χ2v) is 6.24. The zero-order valence-electron chi connectivity index (χ0n) is 16.3. The molecule has 1 rings (SSSR count). The van der Waals surface area contributed by atoms with Crippen LogP contribution in [0.15, 0.2) is 30.3 Å². The maximum absolute atomic E-state index is 12.7. The van der Waals surface area contributed by atoms with Crippen molar-refractivity contribution in [2.45, 2.75) is 45.2 Å². The zero-order chi connectivity index (χ0) is 20.9. The van der Waals surface area contributed by atoms with E-state index in [2.05, 4.69) is 16.0 Å². The Kier molecular flexibility index (Phi) is 10.1. The molecule has 0 aliphatic heterocycles. The minimum atomic E-state index is -0.853. The van der Waals surface area contributed by atoms with E-state index in [9.17, 15) is 14.4 Å². The van der Waals surface area contributed by atoms with E-state index in [1.54, 1.807) is 6.92 Å². The van der Waals surface area contributed by atoms with Gasteiger partial charge in [-0.15, -0.1) is 0 Å². The average Bonchev–Trinajstić information content (AvgIpc) is 2.64. The van der Waals surface area contributed by atoms with Crippen molar-refractivity contribution in [2.75, 3.05) is 13.2 Å². The van der Waals surface area contributed by atoms with Gasteiger partial charge in [-0.1, -0.05) is 30.3 Å². The number of carbonyl (C=O) groups is 3. The third kappa shape index (κ3) is 9.02. The van der Waals surface area contributed by atoms with Crippen molar-refractivity contribution in [1.82, 2.24) is 16.0 Å². The molecule has 0 unspecified atom stereocenters. The third-order valence-corrected chi connectivity index (χ3v) is 3.85. The lowest BCUT2D eigenvalue weighted by molar-refractivity contribution is -0.147. The number of rotatable bonds is 11. The van der Waals surface area contributed by atoms with Crippen LogP contribution in [0.25, 0.3) is 0 Å². The van der Waals surface area contributed by atoms with Gasteiger partial charge < -0.3 is 26.4 Å². The van der Waals surface area contributed by atoms with Crippen LogP contribution in [0.4, 0.5) is 0 Å². The molecule has 1 aromatic rings. The number of guanidine groups is 1. The quantitative estimate of drug-likeness (QED) is 0.156. The molecule has 0 spiro atoms. The molecule has 6 N–H and O–H groups in total. The molecule has 0 saturated heterocycles. The summed E-state index contributed by atoms with van der Waals surface area (Å²) in [6.07, 6.45) is 1.10. The van der Waals surface area contributed by atoms with Crippen LogP contribution < -0.4 is 21.7 Å². The van der Waals surface area contributed by atoms with Gasteiger partial charge in [0, 0.05) is 19.9 Å². The van der Waals surface area contributed by atoms with Crippen molar-refractivity contribution >= 4 is 23.7 Å². The Morgan fingerprint density at radius 3 is 2.39 bits per heavy atom. The van der Waals surface area contributed by atoms with E-state index in [1.807, 2.05) is 30.3 Å². The first-order valence-electron chi connectivity index (χ1n) is 9.19. The van der Waals surface area contributed by atoms with Crippen LogP contribution in [0.5, 0.6) is 0 Å². The second kappa shape index (κ2) is 12.3. The third-order valence-electron chi connectivity index (χ3n) is 3.85. The largest absolute Gasteiger partial charge is 0.464 e. The van der Waals surface area contributed by atoms with Crippen LogP contribution in [-0.2, 0) is 25.5 Å². The van der Waals surface area contributed by atoms with Gasteiger partial charge in [-0.25, -0.2) is 4.79 Å². The molecular weight excluding hydrogens is 362 g/mol. The molecule has 0 aliphatic carbocycles. The van der Waals surface area contributed by atoms with E-state index in [-0.39, 0.29) is 18.5 Å². The number of hydrogen-bond acceptors (Lipinski definition) is 5. The number of amides is 2. The molecule has 9 nitrogen and oxygen atoms in total. The molecule has 0 saturated carbocycles. The number of nitrogens with one attached hydrogen (secondary N) is 4. The fourth-order valence-electron chi connectivity index (χ4n) is 2.60. The maximum Gasteiger partial charge on any atom is 0.328 e. The number of nitrogens with two attached hydrogens (primary N) is 1. The van der Waals surface area contributed by atoms with Crippen LogP contribution in [-0.4, -0.2) is 49.0 Å². The average molecular weight is 391 g/mol. The summed E-state index contributed by atoms with van der Waals surface area (Å²) < 4.78 is 5.03. The number of carbonyl (C=O) groups excluding carboxylic acids is 3. The molecule has 0 radical (unpaired) electrons. The summed E-state index contributed by atoms with van der Waals surface area (Å²) in [5.41, 5.74) is 6.11. The topological polar surface area (TPSA) is 146 Å². The number of esters is 1. The zero-order valence-corrected chi connectivity index (χ0v) is 16.3. The highest BCUT2D eigenvalue weighted by Crippen LogP contribution is 2.06. The summed E-state index contributed by atoms with van der Waals surface area (Å²) in [5.74, 6) is -1.50. The lowest BCUT2D eigenvalue weighted by Crippen LogP contribution is -2.52. The van der Waals surface area contributed by atoms with E-state index in [4.69, 9.17) is 15.9 Å². The Hall–Kier alpha value is -3.10. The predicted molar refractivity (Wildman–Crippen MR) is 105 cm³/mol. The van der Waals surface area contributed by atoms with Crippen LogP contribution >= 0.6 is 0 Å². The van der Waals surface area contributed by atoms with Crippen LogP contribution in [0, 0.1) is 5.41 Å². The van der Waals surface area contributed by atoms with Gasteiger partial charge in [0.25, 0.3) is 0 Å². The summed E-state index contributed by atoms with van der Waals surface area (Å²) in [6, 6.07) is 7.61. The van der Waals surface area contributed by atoms with Crippen molar-refractivity contribution in [3.8, 4) is 0 Å². The fourth-order valence-corrected chi connectivity index (χ4v) is 2.60. The summed E-state index contributed by atoms with van der Waals surface area (Å²) >= 11 is 0. The van der Waals surface area contributed by atoms with Crippen molar-refractivity contribution in [2.24, 2.45) is 5.73 Å². The number of hydrogen-bond donors (Lipinski definition) is 5. The van der Waals surface area contributed by atoms with Crippen LogP contribution in [0.3, 0.4) is 0 Å². The van der Waals surface area contributed by atoms with E-state index < -0.39 is 24.0 Å². The molecule has 9 heteroatoms. The first-order valence-corrected chi connectivity index (χ1v) is 9.19. The Morgan fingerprint density at radius 1 is 1.14 bits per heavy atom. The molecule has 0 bridgehead atoms. The lowest BCUT2D eigenvalue weighted by atomic mass is 10.0. The van der Waals surface area contributed by atoms with Gasteiger partial charge in [0.05, 0.1) is 6.61 Å². The minimum absolute atomic E-state index is 0.162. The highest BCUT2D eigenvalue weighted by atomic mass is 16.5. The smallest absolute Gasteiger partial charge is 0.328 e. The highest BCUT2D eigenvalue weighted by Gasteiger charge is 2.27. The summed E-state index contributed by atoms with van der Waals surface area (Å²) in [5, 5.41) is 15.1. The first-order chi connectivity index (χ1) is 13.3. The molecule has 28 heavy (non-hydrogen) atoms. The van der Waals surface area contributed by atoms with Crippen LogP contribution in [0.1, 0.15) is 32.3 Å². The van der Waals surface area contributed by atoms with E-state index in [1.165, 1.54) is 6.92 Å².